The van der Waals surface area contributed by atoms with Gasteiger partial charge in [0.25, 0.3) is 0 Å². The standard InChI is InChI=1S/C46H31N5/c1-4-14-32(15-5-1)45-47-44(48-46(49-45)33-16-6-2-7-17-33)29-31-24-26-42-38(28-31)36-20-10-13-23-41(36)51(42)35-25-27-43-39(30-35)37-21-11-12-22-40(37)50(43)34-18-8-3-9-19-34/h1-28,30H,29H2. The van der Waals surface area contributed by atoms with Crippen LogP contribution >= 0.6 is 0 Å². The maximum atomic E-state index is 4.97. The van der Waals surface area contributed by atoms with E-state index < -0.39 is 0 Å². The molecule has 3 heterocycles. The van der Waals surface area contributed by atoms with Crippen molar-refractivity contribution in [3.63, 3.8) is 0 Å². The zero-order chi connectivity index (χ0) is 33.7. The lowest BCUT2D eigenvalue weighted by Crippen LogP contribution is -2.04. The highest BCUT2D eigenvalue weighted by Gasteiger charge is 2.17. The van der Waals surface area contributed by atoms with E-state index in [0.29, 0.717) is 18.1 Å². The Morgan fingerprint density at radius 3 is 1.43 bits per heavy atom. The average Bonchev–Trinajstić information content (AvgIpc) is 3.71. The first-order valence-electron chi connectivity index (χ1n) is 17.3. The number of benzene rings is 7. The van der Waals surface area contributed by atoms with Gasteiger partial charge in [0.15, 0.2) is 11.6 Å². The molecule has 0 N–H and O–H groups in total. The summed E-state index contributed by atoms with van der Waals surface area (Å²) in [6.45, 7) is 0. The molecule has 0 bridgehead atoms. The van der Waals surface area contributed by atoms with Crippen molar-refractivity contribution in [2.75, 3.05) is 0 Å². The molecule has 0 aliphatic rings. The molecule has 0 spiro atoms. The summed E-state index contributed by atoms with van der Waals surface area (Å²) in [6.07, 6.45) is 0.586. The highest BCUT2D eigenvalue weighted by Crippen LogP contribution is 2.37. The second kappa shape index (κ2) is 11.9. The first-order valence-corrected chi connectivity index (χ1v) is 17.3. The minimum absolute atomic E-state index is 0.586. The summed E-state index contributed by atoms with van der Waals surface area (Å²) in [4.78, 5) is 14.8. The number of aromatic nitrogens is 5. The topological polar surface area (TPSA) is 48.5 Å². The van der Waals surface area contributed by atoms with Crippen LogP contribution in [-0.4, -0.2) is 24.1 Å². The van der Waals surface area contributed by atoms with Gasteiger partial charge in [-0.1, -0.05) is 121 Å². The number of nitrogens with zero attached hydrogens (tertiary/aromatic N) is 5. The minimum atomic E-state index is 0.586. The van der Waals surface area contributed by atoms with Gasteiger partial charge in [-0.2, -0.15) is 0 Å². The van der Waals surface area contributed by atoms with Crippen LogP contribution in [0.4, 0.5) is 0 Å². The van der Waals surface area contributed by atoms with E-state index in [-0.39, 0.29) is 0 Å². The van der Waals surface area contributed by atoms with E-state index in [4.69, 9.17) is 15.0 Å². The number of hydrogen-bond acceptors (Lipinski definition) is 3. The second-order valence-electron chi connectivity index (χ2n) is 12.9. The molecule has 0 saturated carbocycles. The zero-order valence-electron chi connectivity index (χ0n) is 27.7. The molecule has 240 valence electrons. The average molecular weight is 654 g/mol. The molecule has 0 radical (unpaired) electrons. The predicted octanol–water partition coefficient (Wildman–Crippen LogP) is 11.0. The molecule has 10 rings (SSSR count). The maximum absolute atomic E-state index is 4.97. The van der Waals surface area contributed by atoms with Gasteiger partial charge in [0.05, 0.1) is 22.1 Å². The molecule has 51 heavy (non-hydrogen) atoms. The summed E-state index contributed by atoms with van der Waals surface area (Å²) in [5.41, 5.74) is 10.1. The van der Waals surface area contributed by atoms with E-state index in [1.54, 1.807) is 0 Å². The van der Waals surface area contributed by atoms with Crippen LogP contribution in [0.15, 0.2) is 176 Å². The Morgan fingerprint density at radius 1 is 0.353 bits per heavy atom. The third-order valence-corrected chi connectivity index (χ3v) is 9.77. The Kier molecular flexibility index (Phi) is 6.81. The molecule has 0 amide bonds. The smallest absolute Gasteiger partial charge is 0.163 e. The summed E-state index contributed by atoms with van der Waals surface area (Å²) in [5.74, 6) is 2.10. The van der Waals surface area contributed by atoms with Crippen molar-refractivity contribution in [3.05, 3.63) is 187 Å². The van der Waals surface area contributed by atoms with Crippen LogP contribution in [0.5, 0.6) is 0 Å². The van der Waals surface area contributed by atoms with Gasteiger partial charge in [0, 0.05) is 50.5 Å². The highest BCUT2D eigenvalue weighted by atomic mass is 15.0. The number of para-hydroxylation sites is 3. The molecule has 0 atom stereocenters. The quantitative estimate of drug-likeness (QED) is 0.179. The highest BCUT2D eigenvalue weighted by molar-refractivity contribution is 6.12. The molecular weight excluding hydrogens is 623 g/mol. The molecule has 0 fully saturated rings. The van der Waals surface area contributed by atoms with Crippen LogP contribution in [0.1, 0.15) is 11.4 Å². The molecule has 7 aromatic carbocycles. The predicted molar refractivity (Wildman–Crippen MR) is 209 cm³/mol. The van der Waals surface area contributed by atoms with Crippen molar-refractivity contribution < 1.29 is 0 Å². The van der Waals surface area contributed by atoms with Crippen LogP contribution in [0, 0.1) is 0 Å². The van der Waals surface area contributed by atoms with Crippen molar-refractivity contribution in [2.24, 2.45) is 0 Å². The lowest BCUT2D eigenvalue weighted by atomic mass is 10.1. The third-order valence-electron chi connectivity index (χ3n) is 9.77. The van der Waals surface area contributed by atoms with Crippen molar-refractivity contribution >= 4 is 43.6 Å². The summed E-state index contributed by atoms with van der Waals surface area (Å²) in [7, 11) is 0. The van der Waals surface area contributed by atoms with Gasteiger partial charge in [-0.15, -0.1) is 0 Å². The Hall–Kier alpha value is -6.85. The Labute approximate surface area is 294 Å². The Balaban J connectivity index is 1.11. The molecule has 5 nitrogen and oxygen atoms in total. The molecule has 5 heteroatoms. The molecule has 10 aromatic rings. The van der Waals surface area contributed by atoms with Crippen LogP contribution in [0.2, 0.25) is 0 Å². The fourth-order valence-electron chi connectivity index (χ4n) is 7.48. The second-order valence-corrected chi connectivity index (χ2v) is 12.9. The summed E-state index contributed by atoms with van der Waals surface area (Å²) in [5, 5.41) is 4.89. The lowest BCUT2D eigenvalue weighted by Gasteiger charge is -2.11. The maximum Gasteiger partial charge on any atom is 0.163 e. The molecule has 0 unspecified atom stereocenters. The van der Waals surface area contributed by atoms with Gasteiger partial charge in [-0.25, -0.2) is 15.0 Å². The summed E-state index contributed by atoms with van der Waals surface area (Å²) < 4.78 is 4.76. The van der Waals surface area contributed by atoms with Gasteiger partial charge < -0.3 is 9.13 Å². The van der Waals surface area contributed by atoms with E-state index in [9.17, 15) is 0 Å². The SMILES string of the molecule is c1ccc(-c2nc(Cc3ccc4c(c3)c3ccccc3n4-c3ccc4c(c3)c3ccccc3n4-c3ccccc3)nc(-c3ccccc3)n2)cc1. The van der Waals surface area contributed by atoms with Gasteiger partial charge in [0.2, 0.25) is 0 Å². The summed E-state index contributed by atoms with van der Waals surface area (Å²) in [6, 6.07) is 61.9. The van der Waals surface area contributed by atoms with Gasteiger partial charge in [-0.05, 0) is 60.2 Å². The van der Waals surface area contributed by atoms with Crippen LogP contribution in [0.3, 0.4) is 0 Å². The normalized spacial score (nSPS) is 11.6. The van der Waals surface area contributed by atoms with Crippen LogP contribution < -0.4 is 0 Å². The van der Waals surface area contributed by atoms with Crippen molar-refractivity contribution in [2.45, 2.75) is 6.42 Å². The molecule has 0 saturated heterocycles. The van der Waals surface area contributed by atoms with Crippen LogP contribution in [-0.2, 0) is 6.42 Å². The zero-order valence-corrected chi connectivity index (χ0v) is 27.7. The van der Waals surface area contributed by atoms with Gasteiger partial charge >= 0.3 is 0 Å². The van der Waals surface area contributed by atoms with E-state index in [0.717, 1.165) is 39.4 Å². The summed E-state index contributed by atoms with van der Waals surface area (Å²) >= 11 is 0. The fourth-order valence-corrected chi connectivity index (χ4v) is 7.48. The monoisotopic (exact) mass is 653 g/mol. The first-order chi connectivity index (χ1) is 25.3. The number of rotatable bonds is 6. The van der Waals surface area contributed by atoms with E-state index in [2.05, 4.69) is 124 Å². The largest absolute Gasteiger partial charge is 0.309 e. The van der Waals surface area contributed by atoms with E-state index in [1.807, 2.05) is 60.7 Å². The fraction of sp³-hybridized carbons (Fsp3) is 0.0217. The minimum Gasteiger partial charge on any atom is -0.309 e. The Bertz CT molecular complexity index is 2810. The molecule has 3 aromatic heterocycles. The van der Waals surface area contributed by atoms with Crippen molar-refractivity contribution in [1.29, 1.82) is 0 Å². The Morgan fingerprint density at radius 2 is 0.824 bits per heavy atom. The van der Waals surface area contributed by atoms with Crippen molar-refractivity contribution in [1.82, 2.24) is 24.1 Å². The molecular formula is C46H31N5. The number of fused-ring (bicyclic) bond motifs is 6. The van der Waals surface area contributed by atoms with Gasteiger partial charge in [-0.3, -0.25) is 0 Å². The van der Waals surface area contributed by atoms with E-state index >= 15 is 0 Å². The van der Waals surface area contributed by atoms with Crippen molar-refractivity contribution in [3.8, 4) is 34.2 Å². The third kappa shape index (κ3) is 4.98. The first kappa shape index (κ1) is 29.1. The lowest BCUT2D eigenvalue weighted by molar-refractivity contribution is 0.933. The van der Waals surface area contributed by atoms with E-state index in [1.165, 1.54) is 38.1 Å². The molecule has 0 aliphatic heterocycles. The van der Waals surface area contributed by atoms with Gasteiger partial charge in [0.1, 0.15) is 5.82 Å². The number of hydrogen-bond donors (Lipinski definition) is 0. The molecule has 0 aliphatic carbocycles. The van der Waals surface area contributed by atoms with Crippen LogP contribution in [0.25, 0.3) is 77.8 Å².